The lowest BCUT2D eigenvalue weighted by Crippen LogP contribution is -2.42. The average molecular weight is 330 g/mol. The van der Waals surface area contributed by atoms with Crippen molar-refractivity contribution in [3.05, 3.63) is 35.4 Å². The predicted octanol–water partition coefficient (Wildman–Crippen LogP) is 1.22. The molecular weight excluding hydrogens is 304 g/mol. The van der Waals surface area contributed by atoms with E-state index in [9.17, 15) is 9.59 Å². The van der Waals surface area contributed by atoms with E-state index in [0.717, 1.165) is 31.1 Å². The van der Waals surface area contributed by atoms with E-state index in [1.807, 2.05) is 12.1 Å². The van der Waals surface area contributed by atoms with Crippen molar-refractivity contribution in [1.82, 2.24) is 20.9 Å². The van der Waals surface area contributed by atoms with Crippen molar-refractivity contribution in [2.75, 3.05) is 19.6 Å². The quantitative estimate of drug-likeness (QED) is 0.760. The van der Waals surface area contributed by atoms with Crippen LogP contribution in [0.4, 0.5) is 4.79 Å². The number of amides is 3. The van der Waals surface area contributed by atoms with Crippen molar-refractivity contribution in [2.45, 2.75) is 38.9 Å². The summed E-state index contributed by atoms with van der Waals surface area (Å²) in [6.45, 7) is 6.37. The van der Waals surface area contributed by atoms with E-state index in [1.165, 1.54) is 18.4 Å². The number of nitrogens with zero attached hydrogens (tertiary/aromatic N) is 1. The zero-order chi connectivity index (χ0) is 16.9. The molecule has 24 heavy (non-hydrogen) atoms. The summed E-state index contributed by atoms with van der Waals surface area (Å²) in [4.78, 5) is 25.7. The number of carbonyl (C=O) groups excluding carboxylic acids is 2. The summed E-state index contributed by atoms with van der Waals surface area (Å²) in [6, 6.07) is 7.49. The molecule has 0 radical (unpaired) electrons. The molecule has 0 aliphatic carbocycles. The van der Waals surface area contributed by atoms with Crippen molar-refractivity contribution < 1.29 is 9.59 Å². The van der Waals surface area contributed by atoms with Gasteiger partial charge in [-0.1, -0.05) is 31.2 Å². The van der Waals surface area contributed by atoms with Gasteiger partial charge in [-0.05, 0) is 43.0 Å². The molecule has 6 heteroatoms. The fourth-order valence-corrected chi connectivity index (χ4v) is 3.26. The van der Waals surface area contributed by atoms with Crippen molar-refractivity contribution in [3.8, 4) is 0 Å². The van der Waals surface area contributed by atoms with Crippen LogP contribution >= 0.6 is 0 Å². The first-order valence-corrected chi connectivity index (χ1v) is 8.73. The van der Waals surface area contributed by atoms with Gasteiger partial charge in [-0.2, -0.15) is 0 Å². The monoisotopic (exact) mass is 330 g/mol. The van der Waals surface area contributed by atoms with E-state index in [2.05, 4.69) is 39.9 Å². The Balaban J connectivity index is 1.55. The van der Waals surface area contributed by atoms with E-state index in [-0.39, 0.29) is 11.9 Å². The highest BCUT2D eigenvalue weighted by Crippen LogP contribution is 2.19. The fourth-order valence-electron chi connectivity index (χ4n) is 3.26. The summed E-state index contributed by atoms with van der Waals surface area (Å²) in [5, 5.41) is 8.14. The second-order valence-electron chi connectivity index (χ2n) is 6.85. The molecule has 0 unspecified atom stereocenters. The number of benzene rings is 1. The fraction of sp³-hybridized carbons (Fsp3) is 0.556. The van der Waals surface area contributed by atoms with Crippen LogP contribution in [0.3, 0.4) is 0 Å². The highest BCUT2D eigenvalue weighted by Gasteiger charge is 2.26. The molecule has 2 aliphatic rings. The lowest BCUT2D eigenvalue weighted by molar-refractivity contribution is -0.122. The van der Waals surface area contributed by atoms with Gasteiger partial charge in [-0.25, -0.2) is 4.79 Å². The molecule has 130 valence electrons. The molecule has 6 nitrogen and oxygen atoms in total. The minimum Gasteiger partial charge on any atom is -0.350 e. The van der Waals surface area contributed by atoms with Crippen LogP contribution in [0.5, 0.6) is 0 Å². The molecule has 1 atom stereocenters. The van der Waals surface area contributed by atoms with Crippen LogP contribution in [0.15, 0.2) is 24.3 Å². The summed E-state index contributed by atoms with van der Waals surface area (Å²) in [6.07, 6.45) is 2.51. The minimum absolute atomic E-state index is 0.144. The maximum absolute atomic E-state index is 12.1. The maximum Gasteiger partial charge on any atom is 0.315 e. The molecule has 1 aromatic carbocycles. The highest BCUT2D eigenvalue weighted by molar-refractivity contribution is 5.90. The highest BCUT2D eigenvalue weighted by atomic mass is 16.2. The molecule has 2 aliphatic heterocycles. The van der Waals surface area contributed by atoms with Gasteiger partial charge in [-0.3, -0.25) is 9.69 Å². The number of likely N-dealkylation sites (tertiary alicyclic amines) is 1. The molecule has 3 N–H and O–H groups in total. The third-order valence-corrected chi connectivity index (χ3v) is 4.93. The molecular formula is C18H26N4O2. The molecule has 1 aromatic rings. The largest absolute Gasteiger partial charge is 0.350 e. The standard InChI is InChI=1S/C18H26N4O2/c1-13-6-8-22(9-7-13)12-15-5-3-2-4-14(15)10-19-17(23)16-11-20-18(24)21-16/h2-5,13,16H,6-12H2,1H3,(H,19,23)(H2,20,21,24)/t16-/m1/s1. The molecule has 2 saturated heterocycles. The van der Waals surface area contributed by atoms with E-state index in [4.69, 9.17) is 0 Å². The zero-order valence-electron chi connectivity index (χ0n) is 14.2. The van der Waals surface area contributed by atoms with Crippen LogP contribution in [-0.4, -0.2) is 42.5 Å². The zero-order valence-corrected chi connectivity index (χ0v) is 14.2. The third kappa shape index (κ3) is 4.26. The molecule has 3 rings (SSSR count). The predicted molar refractivity (Wildman–Crippen MR) is 92.3 cm³/mol. The summed E-state index contributed by atoms with van der Waals surface area (Å²) in [5.41, 5.74) is 2.41. The van der Waals surface area contributed by atoms with Gasteiger partial charge in [0.2, 0.25) is 5.91 Å². The topological polar surface area (TPSA) is 73.5 Å². The lowest BCUT2D eigenvalue weighted by Gasteiger charge is -2.30. The molecule has 2 fully saturated rings. The van der Waals surface area contributed by atoms with Crippen molar-refractivity contribution >= 4 is 11.9 Å². The number of carbonyl (C=O) groups is 2. The molecule has 3 amide bonds. The molecule has 0 bridgehead atoms. The first-order valence-electron chi connectivity index (χ1n) is 8.73. The van der Waals surface area contributed by atoms with E-state index in [1.54, 1.807) is 0 Å². The summed E-state index contributed by atoms with van der Waals surface area (Å²) >= 11 is 0. The van der Waals surface area contributed by atoms with E-state index in [0.29, 0.717) is 13.1 Å². The van der Waals surface area contributed by atoms with Crippen LogP contribution in [0.2, 0.25) is 0 Å². The number of urea groups is 1. The summed E-state index contributed by atoms with van der Waals surface area (Å²) in [5.74, 6) is 0.681. The summed E-state index contributed by atoms with van der Waals surface area (Å²) in [7, 11) is 0. The van der Waals surface area contributed by atoms with Gasteiger partial charge in [0, 0.05) is 19.6 Å². The Morgan fingerprint density at radius 2 is 1.96 bits per heavy atom. The third-order valence-electron chi connectivity index (χ3n) is 4.93. The SMILES string of the molecule is CC1CCN(Cc2ccccc2CNC(=O)[C@H]2CNC(=O)N2)CC1. The smallest absolute Gasteiger partial charge is 0.315 e. The van der Waals surface area contributed by atoms with E-state index >= 15 is 0 Å². The molecule has 0 spiro atoms. The van der Waals surface area contributed by atoms with E-state index < -0.39 is 6.04 Å². The molecule has 0 aromatic heterocycles. The first-order chi connectivity index (χ1) is 11.6. The number of nitrogens with one attached hydrogen (secondary N) is 3. The molecule has 0 saturated carbocycles. The maximum atomic E-state index is 12.1. The number of rotatable bonds is 5. The van der Waals surface area contributed by atoms with Gasteiger partial charge < -0.3 is 16.0 Å². The Hall–Kier alpha value is -2.08. The lowest BCUT2D eigenvalue weighted by atomic mass is 9.98. The van der Waals surface area contributed by atoms with Crippen LogP contribution in [0.25, 0.3) is 0 Å². The average Bonchev–Trinajstić information content (AvgIpc) is 3.02. The number of hydrogen-bond donors (Lipinski definition) is 3. The minimum atomic E-state index is -0.478. The van der Waals surface area contributed by atoms with Crippen molar-refractivity contribution in [2.24, 2.45) is 5.92 Å². The van der Waals surface area contributed by atoms with Crippen LogP contribution in [0.1, 0.15) is 30.9 Å². The second-order valence-corrected chi connectivity index (χ2v) is 6.85. The Kier molecular flexibility index (Phi) is 5.35. The second kappa shape index (κ2) is 7.66. The Bertz CT molecular complexity index is 596. The van der Waals surface area contributed by atoms with Crippen molar-refractivity contribution in [1.29, 1.82) is 0 Å². The van der Waals surface area contributed by atoms with Gasteiger partial charge in [0.25, 0.3) is 0 Å². The number of piperidine rings is 1. The van der Waals surface area contributed by atoms with Crippen LogP contribution in [0, 0.1) is 5.92 Å². The first kappa shape index (κ1) is 16.8. The Labute approximate surface area is 143 Å². The Morgan fingerprint density at radius 1 is 1.25 bits per heavy atom. The van der Waals surface area contributed by atoms with Crippen molar-refractivity contribution in [3.63, 3.8) is 0 Å². The normalized spacial score (nSPS) is 22.0. The van der Waals surface area contributed by atoms with Gasteiger partial charge in [0.15, 0.2) is 0 Å². The van der Waals surface area contributed by atoms with Gasteiger partial charge in [-0.15, -0.1) is 0 Å². The Morgan fingerprint density at radius 3 is 2.62 bits per heavy atom. The number of hydrogen-bond acceptors (Lipinski definition) is 3. The van der Waals surface area contributed by atoms with Gasteiger partial charge >= 0.3 is 6.03 Å². The van der Waals surface area contributed by atoms with Gasteiger partial charge in [0.1, 0.15) is 6.04 Å². The van der Waals surface area contributed by atoms with Gasteiger partial charge in [0.05, 0.1) is 0 Å². The molecule has 2 heterocycles. The van der Waals surface area contributed by atoms with Crippen LogP contribution < -0.4 is 16.0 Å². The van der Waals surface area contributed by atoms with Crippen LogP contribution in [-0.2, 0) is 17.9 Å². The summed E-state index contributed by atoms with van der Waals surface area (Å²) < 4.78 is 0.